The molecule has 7 heteroatoms. The van der Waals surface area contributed by atoms with Gasteiger partial charge in [0.25, 0.3) is 5.91 Å². The SMILES string of the molecule is Cc1cc(-c2ccc3c(c2)CN(N2C(=O)CCCC2=O)C3=O)nn1Cc1ccccc1. The lowest BCUT2D eigenvalue weighted by atomic mass is 10.0. The van der Waals surface area contributed by atoms with Gasteiger partial charge in [0.05, 0.1) is 18.8 Å². The van der Waals surface area contributed by atoms with E-state index in [1.165, 1.54) is 10.6 Å². The minimum Gasteiger partial charge on any atom is -0.273 e. The lowest BCUT2D eigenvalue weighted by Gasteiger charge is -2.32. The number of rotatable bonds is 4. The average molecular weight is 414 g/mol. The van der Waals surface area contributed by atoms with Gasteiger partial charge in [-0.25, -0.2) is 5.01 Å². The van der Waals surface area contributed by atoms with Crippen LogP contribution >= 0.6 is 0 Å². The van der Waals surface area contributed by atoms with E-state index >= 15 is 0 Å². The highest BCUT2D eigenvalue weighted by molar-refractivity contribution is 6.04. The average Bonchev–Trinajstić information content (AvgIpc) is 3.28. The Balaban J connectivity index is 1.41. The molecule has 1 fully saturated rings. The second kappa shape index (κ2) is 7.50. The minimum absolute atomic E-state index is 0.212. The number of carbonyl (C=O) groups excluding carboxylic acids is 3. The van der Waals surface area contributed by atoms with Crippen molar-refractivity contribution in [3.63, 3.8) is 0 Å². The fraction of sp³-hybridized carbons (Fsp3) is 0.250. The zero-order valence-corrected chi connectivity index (χ0v) is 17.2. The monoisotopic (exact) mass is 414 g/mol. The summed E-state index contributed by atoms with van der Waals surface area (Å²) in [6.07, 6.45) is 1.11. The van der Waals surface area contributed by atoms with Gasteiger partial charge in [0.2, 0.25) is 11.8 Å². The van der Waals surface area contributed by atoms with Crippen LogP contribution in [0.2, 0.25) is 0 Å². The van der Waals surface area contributed by atoms with Gasteiger partial charge in [-0.15, -0.1) is 0 Å². The van der Waals surface area contributed by atoms with Gasteiger partial charge >= 0.3 is 0 Å². The molecule has 156 valence electrons. The van der Waals surface area contributed by atoms with Crippen LogP contribution in [0.25, 0.3) is 11.3 Å². The summed E-state index contributed by atoms with van der Waals surface area (Å²) in [5.74, 6) is -0.934. The predicted octanol–water partition coefficient (Wildman–Crippen LogP) is 3.32. The van der Waals surface area contributed by atoms with Gasteiger partial charge in [0.1, 0.15) is 0 Å². The van der Waals surface area contributed by atoms with E-state index in [-0.39, 0.29) is 37.1 Å². The molecule has 3 aromatic rings. The molecule has 2 aromatic carbocycles. The zero-order chi connectivity index (χ0) is 21.5. The number of amides is 3. The summed E-state index contributed by atoms with van der Waals surface area (Å²) in [6.45, 7) is 2.91. The third-order valence-corrected chi connectivity index (χ3v) is 5.84. The summed E-state index contributed by atoms with van der Waals surface area (Å²) in [7, 11) is 0. The molecule has 1 aromatic heterocycles. The molecule has 3 amide bonds. The number of aryl methyl sites for hydroxylation is 1. The highest BCUT2D eigenvalue weighted by Crippen LogP contribution is 2.31. The van der Waals surface area contributed by atoms with Gasteiger partial charge in [0, 0.05) is 29.7 Å². The molecule has 7 nitrogen and oxygen atoms in total. The van der Waals surface area contributed by atoms with Crippen molar-refractivity contribution in [1.82, 2.24) is 19.8 Å². The molecular formula is C24H22N4O3. The minimum atomic E-state index is -0.312. The summed E-state index contributed by atoms with van der Waals surface area (Å²) in [6, 6.07) is 17.7. The van der Waals surface area contributed by atoms with Crippen LogP contribution in [0, 0.1) is 6.92 Å². The molecule has 1 saturated heterocycles. The topological polar surface area (TPSA) is 75.5 Å². The summed E-state index contributed by atoms with van der Waals surface area (Å²) >= 11 is 0. The maximum Gasteiger partial charge on any atom is 0.273 e. The van der Waals surface area contributed by atoms with E-state index in [1.807, 2.05) is 48.0 Å². The Morgan fingerprint density at radius 3 is 2.42 bits per heavy atom. The van der Waals surface area contributed by atoms with Crippen molar-refractivity contribution in [2.75, 3.05) is 0 Å². The summed E-state index contributed by atoms with van der Waals surface area (Å²) in [5, 5.41) is 7.06. The highest BCUT2D eigenvalue weighted by atomic mass is 16.2. The second-order valence-corrected chi connectivity index (χ2v) is 8.00. The van der Waals surface area contributed by atoms with Crippen molar-refractivity contribution < 1.29 is 14.4 Å². The van der Waals surface area contributed by atoms with Crippen molar-refractivity contribution in [2.24, 2.45) is 0 Å². The number of imide groups is 1. The Bertz CT molecular complexity index is 1180. The number of hydrogen-bond acceptors (Lipinski definition) is 4. The first-order valence-electron chi connectivity index (χ1n) is 10.4. The molecule has 0 saturated carbocycles. The molecule has 3 heterocycles. The maximum absolute atomic E-state index is 12.9. The molecule has 2 aliphatic heterocycles. The number of benzene rings is 2. The van der Waals surface area contributed by atoms with Gasteiger partial charge in [-0.3, -0.25) is 19.1 Å². The number of aromatic nitrogens is 2. The molecule has 2 aliphatic rings. The summed E-state index contributed by atoms with van der Waals surface area (Å²) in [4.78, 5) is 37.4. The van der Waals surface area contributed by atoms with Crippen molar-refractivity contribution in [1.29, 1.82) is 0 Å². The standard InChI is InChI=1S/C24H22N4O3/c1-16-12-21(25-26(16)14-17-6-3-2-4-7-17)18-10-11-20-19(13-18)15-27(24(20)31)28-22(29)8-5-9-23(28)30/h2-4,6-7,10-13H,5,8-9,14-15H2,1H3. The van der Waals surface area contributed by atoms with Crippen LogP contribution in [0.15, 0.2) is 54.6 Å². The van der Waals surface area contributed by atoms with Gasteiger partial charge in [0.15, 0.2) is 0 Å². The van der Waals surface area contributed by atoms with E-state index in [4.69, 9.17) is 5.10 Å². The fourth-order valence-electron chi connectivity index (χ4n) is 4.20. The molecule has 5 rings (SSSR count). The molecule has 0 radical (unpaired) electrons. The lowest BCUT2D eigenvalue weighted by Crippen LogP contribution is -2.51. The first kappa shape index (κ1) is 19.2. The van der Waals surface area contributed by atoms with Gasteiger partial charge in [-0.2, -0.15) is 10.1 Å². The number of piperidine rings is 1. The molecule has 0 aliphatic carbocycles. The first-order valence-corrected chi connectivity index (χ1v) is 10.4. The Morgan fingerprint density at radius 1 is 0.935 bits per heavy atom. The Morgan fingerprint density at radius 2 is 1.68 bits per heavy atom. The Kier molecular flexibility index (Phi) is 4.66. The molecule has 0 bridgehead atoms. The summed E-state index contributed by atoms with van der Waals surface area (Å²) in [5.41, 5.74) is 5.26. The smallest absolute Gasteiger partial charge is 0.273 e. The Hall–Kier alpha value is -3.74. The number of carbonyl (C=O) groups is 3. The van der Waals surface area contributed by atoms with Crippen LogP contribution in [0.1, 0.15) is 46.4 Å². The van der Waals surface area contributed by atoms with Crippen molar-refractivity contribution in [3.8, 4) is 11.3 Å². The number of hydrogen-bond donors (Lipinski definition) is 0. The largest absolute Gasteiger partial charge is 0.273 e. The van der Waals surface area contributed by atoms with E-state index in [2.05, 4.69) is 12.1 Å². The van der Waals surface area contributed by atoms with Crippen LogP contribution in [0.5, 0.6) is 0 Å². The molecule has 0 atom stereocenters. The van der Waals surface area contributed by atoms with Gasteiger partial charge < -0.3 is 0 Å². The van der Waals surface area contributed by atoms with Gasteiger partial charge in [-0.1, -0.05) is 36.4 Å². The van der Waals surface area contributed by atoms with E-state index in [9.17, 15) is 14.4 Å². The van der Waals surface area contributed by atoms with E-state index in [0.29, 0.717) is 18.5 Å². The lowest BCUT2D eigenvalue weighted by molar-refractivity contribution is -0.163. The van der Waals surface area contributed by atoms with Crippen LogP contribution in [-0.2, 0) is 22.7 Å². The van der Waals surface area contributed by atoms with Crippen molar-refractivity contribution in [2.45, 2.75) is 39.3 Å². The maximum atomic E-state index is 12.9. The van der Waals surface area contributed by atoms with Crippen LogP contribution < -0.4 is 0 Å². The molecule has 0 spiro atoms. The third kappa shape index (κ3) is 3.42. The zero-order valence-electron chi connectivity index (χ0n) is 17.2. The normalized spacial score (nSPS) is 16.2. The van der Waals surface area contributed by atoms with Crippen molar-refractivity contribution >= 4 is 17.7 Å². The predicted molar refractivity (Wildman–Crippen MR) is 114 cm³/mol. The quantitative estimate of drug-likeness (QED) is 0.614. The third-order valence-electron chi connectivity index (χ3n) is 5.84. The Labute approximate surface area is 179 Å². The first-order chi connectivity index (χ1) is 15.0. The van der Waals surface area contributed by atoms with E-state index in [1.54, 1.807) is 6.07 Å². The van der Waals surface area contributed by atoms with E-state index in [0.717, 1.165) is 27.5 Å². The molecule has 0 unspecified atom stereocenters. The number of hydrazine groups is 1. The van der Waals surface area contributed by atoms with Gasteiger partial charge in [-0.05, 0) is 42.7 Å². The van der Waals surface area contributed by atoms with Crippen LogP contribution in [0.3, 0.4) is 0 Å². The van der Waals surface area contributed by atoms with Crippen LogP contribution in [-0.4, -0.2) is 37.5 Å². The van der Waals surface area contributed by atoms with Crippen molar-refractivity contribution in [3.05, 3.63) is 77.0 Å². The highest BCUT2D eigenvalue weighted by Gasteiger charge is 2.39. The number of fused-ring (bicyclic) bond motifs is 1. The molecule has 31 heavy (non-hydrogen) atoms. The fourth-order valence-corrected chi connectivity index (χ4v) is 4.20. The number of nitrogens with zero attached hydrogens (tertiary/aromatic N) is 4. The van der Waals surface area contributed by atoms with E-state index < -0.39 is 0 Å². The summed E-state index contributed by atoms with van der Waals surface area (Å²) < 4.78 is 1.96. The van der Waals surface area contributed by atoms with Crippen LogP contribution in [0.4, 0.5) is 0 Å². The molecule has 0 N–H and O–H groups in total. The molecular weight excluding hydrogens is 392 g/mol. The second-order valence-electron chi connectivity index (χ2n) is 8.00.